The molecule has 0 bridgehead atoms. The molecule has 0 aliphatic carbocycles. The molecule has 0 radical (unpaired) electrons. The first-order valence-electron chi connectivity index (χ1n) is 2.62. The van der Waals surface area contributed by atoms with E-state index >= 15 is 0 Å². The highest BCUT2D eigenvalue weighted by Gasteiger charge is 1.86. The van der Waals surface area contributed by atoms with Crippen LogP contribution in [0.1, 0.15) is 5.69 Å². The minimum atomic E-state index is 0. The molecule has 4 nitrogen and oxygen atoms in total. The lowest BCUT2D eigenvalue weighted by atomic mass is 10.5. The van der Waals surface area contributed by atoms with Gasteiger partial charge in [0.25, 0.3) is 0 Å². The normalized spacial score (nSPS) is 7.73. The molecule has 0 aliphatic rings. The number of nitrogens with two attached hydrogens (primary N) is 1. The molecule has 64 valence electrons. The molecular weight excluding hydrogens is 187 g/mol. The Hall–Kier alpha value is -0.420. The van der Waals surface area contributed by atoms with E-state index in [1.165, 1.54) is 0 Å². The molecule has 1 aromatic heterocycles. The monoisotopic (exact) mass is 196 g/mol. The lowest BCUT2D eigenvalue weighted by Gasteiger charge is -1.94. The SMILES string of the molecule is Cl.Cl.NNCc1cnccn1. The molecule has 0 saturated carbocycles. The van der Waals surface area contributed by atoms with Gasteiger partial charge in [0.1, 0.15) is 0 Å². The van der Waals surface area contributed by atoms with E-state index in [-0.39, 0.29) is 24.8 Å². The summed E-state index contributed by atoms with van der Waals surface area (Å²) < 4.78 is 0. The molecule has 0 atom stereocenters. The van der Waals surface area contributed by atoms with E-state index in [4.69, 9.17) is 5.84 Å². The molecule has 0 fully saturated rings. The summed E-state index contributed by atoms with van der Waals surface area (Å²) in [4.78, 5) is 7.81. The molecule has 0 amide bonds. The van der Waals surface area contributed by atoms with E-state index in [1.807, 2.05) is 0 Å². The standard InChI is InChI=1S/C5H8N4.2ClH/c6-9-4-5-3-7-1-2-8-5;;/h1-3,9H,4,6H2;2*1H. The van der Waals surface area contributed by atoms with Crippen molar-refractivity contribution in [2.45, 2.75) is 6.54 Å². The highest BCUT2D eigenvalue weighted by molar-refractivity contribution is 5.85. The smallest absolute Gasteiger partial charge is 0.0738 e. The Morgan fingerprint density at radius 1 is 1.36 bits per heavy atom. The molecule has 0 unspecified atom stereocenters. The number of nitrogens with zero attached hydrogens (tertiary/aromatic N) is 2. The summed E-state index contributed by atoms with van der Waals surface area (Å²) in [5.74, 6) is 5.04. The van der Waals surface area contributed by atoms with Gasteiger partial charge in [-0.1, -0.05) is 0 Å². The van der Waals surface area contributed by atoms with Crippen LogP contribution in [0.25, 0.3) is 0 Å². The molecule has 11 heavy (non-hydrogen) atoms. The second kappa shape index (κ2) is 7.68. The van der Waals surface area contributed by atoms with Gasteiger partial charge in [0, 0.05) is 18.6 Å². The lowest BCUT2D eigenvalue weighted by Crippen LogP contribution is -2.21. The summed E-state index contributed by atoms with van der Waals surface area (Å²) in [6.45, 7) is 0.563. The summed E-state index contributed by atoms with van der Waals surface area (Å²) in [6, 6.07) is 0. The van der Waals surface area contributed by atoms with Gasteiger partial charge in [-0.05, 0) is 0 Å². The van der Waals surface area contributed by atoms with Gasteiger partial charge in [0.05, 0.1) is 12.2 Å². The molecule has 0 saturated heterocycles. The quantitative estimate of drug-likeness (QED) is 0.528. The minimum Gasteiger partial charge on any atom is -0.271 e. The zero-order chi connectivity index (χ0) is 6.53. The van der Waals surface area contributed by atoms with Gasteiger partial charge in [-0.25, -0.2) is 0 Å². The van der Waals surface area contributed by atoms with Gasteiger partial charge in [-0.15, -0.1) is 24.8 Å². The van der Waals surface area contributed by atoms with Crippen molar-refractivity contribution in [3.8, 4) is 0 Å². The van der Waals surface area contributed by atoms with Gasteiger partial charge in [-0.3, -0.25) is 21.2 Å². The molecule has 1 heterocycles. The first-order chi connectivity index (χ1) is 4.43. The maximum atomic E-state index is 5.04. The van der Waals surface area contributed by atoms with Crippen LogP contribution in [0.15, 0.2) is 18.6 Å². The largest absolute Gasteiger partial charge is 0.271 e. The number of aromatic nitrogens is 2. The maximum Gasteiger partial charge on any atom is 0.0738 e. The second-order valence-corrected chi connectivity index (χ2v) is 1.58. The van der Waals surface area contributed by atoms with E-state index in [0.29, 0.717) is 6.54 Å². The molecule has 0 spiro atoms. The van der Waals surface area contributed by atoms with Crippen molar-refractivity contribution in [2.75, 3.05) is 0 Å². The predicted octanol–water partition coefficient (Wildman–Crippen LogP) is 0.283. The van der Waals surface area contributed by atoms with Crippen molar-refractivity contribution in [1.29, 1.82) is 0 Å². The summed E-state index contributed by atoms with van der Waals surface area (Å²) in [6.07, 6.45) is 4.92. The fraction of sp³-hybridized carbons (Fsp3) is 0.200. The van der Waals surface area contributed by atoms with Crippen molar-refractivity contribution >= 4 is 24.8 Å². The number of halogens is 2. The van der Waals surface area contributed by atoms with Crippen LogP contribution in [0, 0.1) is 0 Å². The Balaban J connectivity index is 0. The van der Waals surface area contributed by atoms with E-state index in [9.17, 15) is 0 Å². The van der Waals surface area contributed by atoms with Crippen molar-refractivity contribution in [1.82, 2.24) is 15.4 Å². The Morgan fingerprint density at radius 2 is 2.09 bits per heavy atom. The Labute approximate surface area is 77.4 Å². The summed E-state index contributed by atoms with van der Waals surface area (Å²) >= 11 is 0. The number of hydrogen-bond donors (Lipinski definition) is 2. The van der Waals surface area contributed by atoms with Crippen LogP contribution in [0.2, 0.25) is 0 Å². The molecule has 6 heteroatoms. The van der Waals surface area contributed by atoms with Crippen LogP contribution in [-0.2, 0) is 6.54 Å². The third kappa shape index (κ3) is 4.92. The zero-order valence-corrected chi connectivity index (χ0v) is 7.36. The molecule has 0 aromatic carbocycles. The van der Waals surface area contributed by atoms with Crippen molar-refractivity contribution in [3.63, 3.8) is 0 Å². The first kappa shape index (κ1) is 13.2. The Morgan fingerprint density at radius 3 is 2.55 bits per heavy atom. The second-order valence-electron chi connectivity index (χ2n) is 1.58. The van der Waals surface area contributed by atoms with Crippen LogP contribution in [-0.4, -0.2) is 9.97 Å². The third-order valence-electron chi connectivity index (χ3n) is 0.900. The van der Waals surface area contributed by atoms with Gasteiger partial charge < -0.3 is 0 Å². The zero-order valence-electron chi connectivity index (χ0n) is 5.73. The van der Waals surface area contributed by atoms with E-state index in [2.05, 4.69) is 15.4 Å². The third-order valence-corrected chi connectivity index (χ3v) is 0.900. The topological polar surface area (TPSA) is 63.8 Å². The summed E-state index contributed by atoms with van der Waals surface area (Å²) in [7, 11) is 0. The fourth-order valence-corrected chi connectivity index (χ4v) is 0.526. The van der Waals surface area contributed by atoms with Gasteiger partial charge in [0.15, 0.2) is 0 Å². The molecule has 1 rings (SSSR count). The highest BCUT2D eigenvalue weighted by Crippen LogP contribution is 1.85. The van der Waals surface area contributed by atoms with Gasteiger partial charge in [0.2, 0.25) is 0 Å². The van der Waals surface area contributed by atoms with Crippen molar-refractivity contribution < 1.29 is 0 Å². The van der Waals surface area contributed by atoms with Crippen molar-refractivity contribution in [2.24, 2.45) is 5.84 Å². The van der Waals surface area contributed by atoms with Crippen LogP contribution in [0.4, 0.5) is 0 Å². The predicted molar refractivity (Wildman–Crippen MR) is 47.6 cm³/mol. The van der Waals surface area contributed by atoms with E-state index in [1.54, 1.807) is 18.6 Å². The number of nitrogens with one attached hydrogen (secondary N) is 1. The van der Waals surface area contributed by atoms with Crippen LogP contribution < -0.4 is 11.3 Å². The average Bonchev–Trinajstić information content (AvgIpc) is 1.91. The van der Waals surface area contributed by atoms with Gasteiger partial charge in [-0.2, -0.15) is 0 Å². The van der Waals surface area contributed by atoms with Crippen molar-refractivity contribution in [3.05, 3.63) is 24.3 Å². The highest BCUT2D eigenvalue weighted by atomic mass is 35.5. The van der Waals surface area contributed by atoms with E-state index in [0.717, 1.165) is 5.69 Å². The average molecular weight is 197 g/mol. The number of hydrazine groups is 1. The minimum absolute atomic E-state index is 0. The molecule has 0 aliphatic heterocycles. The first-order valence-corrected chi connectivity index (χ1v) is 2.62. The molecule has 3 N–H and O–H groups in total. The summed E-state index contributed by atoms with van der Waals surface area (Å²) in [5, 5.41) is 0. The van der Waals surface area contributed by atoms with Crippen LogP contribution >= 0.6 is 24.8 Å². The molecule has 1 aromatic rings. The Bertz CT molecular complexity index is 169. The molecular formula is C5H10Cl2N4. The Kier molecular flexibility index (Phi) is 9.21. The fourth-order valence-electron chi connectivity index (χ4n) is 0.526. The van der Waals surface area contributed by atoms with Gasteiger partial charge >= 0.3 is 0 Å². The summed E-state index contributed by atoms with van der Waals surface area (Å²) in [5.41, 5.74) is 3.33. The van der Waals surface area contributed by atoms with Crippen LogP contribution in [0.5, 0.6) is 0 Å². The maximum absolute atomic E-state index is 5.04. The number of rotatable bonds is 2. The van der Waals surface area contributed by atoms with E-state index < -0.39 is 0 Å². The lowest BCUT2D eigenvalue weighted by molar-refractivity contribution is 0.719. The number of hydrogen-bond acceptors (Lipinski definition) is 4. The van der Waals surface area contributed by atoms with Crippen LogP contribution in [0.3, 0.4) is 0 Å².